The number of aromatic nitrogens is 1. The van der Waals surface area contributed by atoms with E-state index in [0.717, 1.165) is 11.3 Å². The van der Waals surface area contributed by atoms with Crippen molar-refractivity contribution in [3.8, 4) is 34.4 Å². The van der Waals surface area contributed by atoms with Crippen LogP contribution >= 0.6 is 0 Å². The zero-order valence-electron chi connectivity index (χ0n) is 16.2. The number of nitrogens with zero attached hydrogens (tertiary/aromatic N) is 2. The van der Waals surface area contributed by atoms with Gasteiger partial charge in [-0.3, -0.25) is 4.79 Å². The summed E-state index contributed by atoms with van der Waals surface area (Å²) in [4.78, 5) is 13.4. The Bertz CT molecular complexity index is 1080. The molecule has 0 saturated heterocycles. The van der Waals surface area contributed by atoms with E-state index in [0.29, 0.717) is 47.4 Å². The van der Waals surface area contributed by atoms with Crippen molar-refractivity contribution in [3.63, 3.8) is 0 Å². The Morgan fingerprint density at radius 1 is 0.964 bits per heavy atom. The monoisotopic (exact) mass is 378 g/mol. The molecule has 2 aromatic carbocycles. The molecule has 0 aliphatic heterocycles. The first kappa shape index (κ1) is 19.3. The normalized spacial score (nSPS) is 10.5. The third-order valence-corrected chi connectivity index (χ3v) is 4.67. The van der Waals surface area contributed by atoms with Gasteiger partial charge in [0.25, 0.3) is 0 Å². The molecule has 0 N–H and O–H groups in total. The molecule has 6 nitrogen and oxygen atoms in total. The van der Waals surface area contributed by atoms with Crippen LogP contribution in [0.15, 0.2) is 47.4 Å². The molecule has 0 spiro atoms. The SMILES string of the molecule is COc1ccc(-c2cn(CCCC#N)c3c(OC)ccc(OC)c3c2=O)cc1. The number of unbranched alkanes of at least 4 members (excludes halogenated alkanes) is 1. The lowest BCUT2D eigenvalue weighted by atomic mass is 10.0. The second kappa shape index (κ2) is 8.49. The van der Waals surface area contributed by atoms with Gasteiger partial charge >= 0.3 is 0 Å². The van der Waals surface area contributed by atoms with Crippen molar-refractivity contribution in [2.75, 3.05) is 21.3 Å². The number of hydrogen-bond acceptors (Lipinski definition) is 5. The molecule has 1 heterocycles. The van der Waals surface area contributed by atoms with Crippen LogP contribution < -0.4 is 19.6 Å². The average Bonchev–Trinajstić information content (AvgIpc) is 2.74. The summed E-state index contributed by atoms with van der Waals surface area (Å²) in [7, 11) is 4.72. The summed E-state index contributed by atoms with van der Waals surface area (Å²) in [6, 6.07) is 13.0. The van der Waals surface area contributed by atoms with E-state index < -0.39 is 0 Å². The molecule has 0 aliphatic carbocycles. The molecule has 0 atom stereocenters. The number of hydrogen-bond donors (Lipinski definition) is 0. The van der Waals surface area contributed by atoms with Gasteiger partial charge in [-0.05, 0) is 36.2 Å². The van der Waals surface area contributed by atoms with Crippen LogP contribution in [0.3, 0.4) is 0 Å². The molecule has 0 saturated carbocycles. The Morgan fingerprint density at radius 3 is 2.25 bits per heavy atom. The lowest BCUT2D eigenvalue weighted by Gasteiger charge is -2.17. The molecule has 0 fully saturated rings. The highest BCUT2D eigenvalue weighted by Crippen LogP contribution is 2.33. The van der Waals surface area contributed by atoms with Gasteiger partial charge in [-0.1, -0.05) is 12.1 Å². The first-order valence-electron chi connectivity index (χ1n) is 8.94. The van der Waals surface area contributed by atoms with Crippen LogP contribution in [0.25, 0.3) is 22.0 Å². The van der Waals surface area contributed by atoms with Crippen LogP contribution in [0.2, 0.25) is 0 Å². The third-order valence-electron chi connectivity index (χ3n) is 4.67. The summed E-state index contributed by atoms with van der Waals surface area (Å²) in [5.74, 6) is 1.80. The molecule has 28 heavy (non-hydrogen) atoms. The molecule has 3 aromatic rings. The summed E-state index contributed by atoms with van der Waals surface area (Å²) in [5, 5.41) is 9.37. The van der Waals surface area contributed by atoms with E-state index in [9.17, 15) is 4.79 Å². The quantitative estimate of drug-likeness (QED) is 0.581. The Kier molecular flexibility index (Phi) is 5.85. The standard InChI is InChI=1S/C22H22N2O4/c1-26-16-8-6-15(7-9-16)17-14-24(13-5-4-12-23)21-19(28-3)11-10-18(27-2)20(21)22(17)25/h6-11,14H,4-5,13H2,1-3H3. The molecule has 0 amide bonds. The van der Waals surface area contributed by atoms with Crippen LogP contribution in [0.1, 0.15) is 12.8 Å². The smallest absolute Gasteiger partial charge is 0.201 e. The van der Waals surface area contributed by atoms with Gasteiger partial charge in [0, 0.05) is 24.7 Å². The molecular formula is C22H22N2O4. The summed E-state index contributed by atoms with van der Waals surface area (Å²) >= 11 is 0. The van der Waals surface area contributed by atoms with Crippen molar-refractivity contribution in [2.24, 2.45) is 0 Å². The minimum atomic E-state index is -0.132. The van der Waals surface area contributed by atoms with Crippen molar-refractivity contribution >= 4 is 10.9 Å². The van der Waals surface area contributed by atoms with Crippen molar-refractivity contribution in [3.05, 3.63) is 52.8 Å². The van der Waals surface area contributed by atoms with Crippen molar-refractivity contribution in [2.45, 2.75) is 19.4 Å². The Hall–Kier alpha value is -3.46. The topological polar surface area (TPSA) is 73.5 Å². The van der Waals surface area contributed by atoms with Crippen LogP contribution in [-0.2, 0) is 6.54 Å². The highest BCUT2D eigenvalue weighted by Gasteiger charge is 2.18. The number of benzene rings is 2. The minimum absolute atomic E-state index is 0.132. The Balaban J connectivity index is 2.31. The predicted octanol–water partition coefficient (Wildman–Crippen LogP) is 4.00. The highest BCUT2D eigenvalue weighted by molar-refractivity contribution is 5.93. The van der Waals surface area contributed by atoms with Crippen molar-refractivity contribution in [1.29, 1.82) is 5.26 Å². The second-order valence-corrected chi connectivity index (χ2v) is 6.25. The van der Waals surface area contributed by atoms with Gasteiger partial charge in [-0.25, -0.2) is 0 Å². The molecule has 144 valence electrons. The van der Waals surface area contributed by atoms with E-state index in [-0.39, 0.29) is 5.43 Å². The molecule has 3 rings (SSSR count). The van der Waals surface area contributed by atoms with Gasteiger partial charge < -0.3 is 18.8 Å². The summed E-state index contributed by atoms with van der Waals surface area (Å²) in [6.45, 7) is 0.580. The zero-order valence-corrected chi connectivity index (χ0v) is 16.2. The number of ether oxygens (including phenoxy) is 3. The van der Waals surface area contributed by atoms with Gasteiger partial charge in [0.1, 0.15) is 17.2 Å². The van der Waals surface area contributed by atoms with Crippen molar-refractivity contribution < 1.29 is 14.2 Å². The Labute approximate surface area is 163 Å². The van der Waals surface area contributed by atoms with E-state index in [4.69, 9.17) is 19.5 Å². The maximum atomic E-state index is 13.4. The molecule has 1 aromatic heterocycles. The largest absolute Gasteiger partial charge is 0.497 e. The molecule has 0 bridgehead atoms. The Morgan fingerprint density at radius 2 is 1.64 bits per heavy atom. The van der Waals surface area contributed by atoms with Gasteiger partial charge in [0.15, 0.2) is 0 Å². The van der Waals surface area contributed by atoms with Gasteiger partial charge in [0.05, 0.1) is 38.3 Å². The van der Waals surface area contributed by atoms with Gasteiger partial charge in [-0.2, -0.15) is 5.26 Å². The molecular weight excluding hydrogens is 356 g/mol. The molecule has 6 heteroatoms. The van der Waals surface area contributed by atoms with E-state index in [2.05, 4.69) is 6.07 Å². The average molecular weight is 378 g/mol. The van der Waals surface area contributed by atoms with E-state index in [1.807, 2.05) is 35.0 Å². The predicted molar refractivity (Wildman–Crippen MR) is 108 cm³/mol. The van der Waals surface area contributed by atoms with E-state index in [1.54, 1.807) is 33.5 Å². The fraction of sp³-hybridized carbons (Fsp3) is 0.273. The van der Waals surface area contributed by atoms with Crippen LogP contribution in [0.4, 0.5) is 0 Å². The summed E-state index contributed by atoms with van der Waals surface area (Å²) in [5.41, 5.74) is 1.87. The maximum Gasteiger partial charge on any atom is 0.201 e. The summed E-state index contributed by atoms with van der Waals surface area (Å²) < 4.78 is 18.2. The first-order valence-corrected chi connectivity index (χ1v) is 8.94. The number of aryl methyl sites for hydroxylation is 1. The second-order valence-electron chi connectivity index (χ2n) is 6.25. The highest BCUT2D eigenvalue weighted by atomic mass is 16.5. The maximum absolute atomic E-state index is 13.4. The number of nitriles is 1. The number of pyridine rings is 1. The van der Waals surface area contributed by atoms with Gasteiger partial charge in [0.2, 0.25) is 5.43 Å². The fourth-order valence-electron chi connectivity index (χ4n) is 3.29. The van der Waals surface area contributed by atoms with Crippen LogP contribution in [0.5, 0.6) is 17.2 Å². The lowest BCUT2D eigenvalue weighted by Crippen LogP contribution is -2.14. The van der Waals surface area contributed by atoms with Crippen LogP contribution in [0, 0.1) is 11.3 Å². The van der Waals surface area contributed by atoms with E-state index in [1.165, 1.54) is 0 Å². The zero-order chi connectivity index (χ0) is 20.1. The molecule has 0 radical (unpaired) electrons. The van der Waals surface area contributed by atoms with Gasteiger partial charge in [-0.15, -0.1) is 0 Å². The summed E-state index contributed by atoms with van der Waals surface area (Å²) in [6.07, 6.45) is 2.92. The minimum Gasteiger partial charge on any atom is -0.497 e. The number of rotatable bonds is 7. The fourth-order valence-corrected chi connectivity index (χ4v) is 3.29. The number of fused-ring (bicyclic) bond motifs is 1. The third kappa shape index (κ3) is 3.52. The van der Waals surface area contributed by atoms with E-state index >= 15 is 0 Å². The van der Waals surface area contributed by atoms with Crippen LogP contribution in [-0.4, -0.2) is 25.9 Å². The number of methoxy groups -OCH3 is 3. The molecule has 0 unspecified atom stereocenters. The first-order chi connectivity index (χ1) is 13.6. The molecule has 0 aliphatic rings. The van der Waals surface area contributed by atoms with Crippen molar-refractivity contribution in [1.82, 2.24) is 4.57 Å². The lowest BCUT2D eigenvalue weighted by molar-refractivity contribution is 0.408.